The second kappa shape index (κ2) is 9.09. The summed E-state index contributed by atoms with van der Waals surface area (Å²) in [6, 6.07) is 27.3. The van der Waals surface area contributed by atoms with E-state index in [1.165, 1.54) is 24.3 Å². The zero-order chi connectivity index (χ0) is 28.3. The number of nitrogens with zero attached hydrogens (tertiary/aromatic N) is 2. The van der Waals surface area contributed by atoms with Crippen LogP contribution in [0.1, 0.15) is 31.8 Å². The average Bonchev–Trinajstić information content (AvgIpc) is 3.49. The Morgan fingerprint density at radius 1 is 0.805 bits per heavy atom. The van der Waals surface area contributed by atoms with Crippen molar-refractivity contribution >= 4 is 40.6 Å². The molecule has 1 N–H and O–H groups in total. The van der Waals surface area contributed by atoms with Crippen molar-refractivity contribution in [2.75, 3.05) is 10.2 Å². The molecule has 1 fully saturated rings. The number of Topliss-reactive ketones (excluding diaryl/α,β-unsaturated/α-hetero) is 2. The number of nitro groups is 1. The van der Waals surface area contributed by atoms with Gasteiger partial charge in [-0.1, -0.05) is 78.9 Å². The van der Waals surface area contributed by atoms with Crippen LogP contribution in [0.3, 0.4) is 0 Å². The molecule has 1 spiro atoms. The van der Waals surface area contributed by atoms with Gasteiger partial charge >= 0.3 is 0 Å². The van der Waals surface area contributed by atoms with E-state index in [9.17, 15) is 24.5 Å². The number of nitrogens with one attached hydrogen (secondary N) is 1. The summed E-state index contributed by atoms with van der Waals surface area (Å²) in [4.78, 5) is 56.2. The maximum atomic E-state index is 14.6. The summed E-state index contributed by atoms with van der Waals surface area (Å²) in [5, 5.41) is 14.3. The number of anilines is 2. The minimum absolute atomic E-state index is 0.144. The molecule has 0 saturated carbocycles. The molecular weight excluding hydrogens is 518 g/mol. The van der Waals surface area contributed by atoms with Crippen molar-refractivity contribution in [2.24, 2.45) is 5.92 Å². The largest absolute Gasteiger partial charge is 0.352 e. The van der Waals surface area contributed by atoms with Crippen molar-refractivity contribution in [1.29, 1.82) is 0 Å². The first-order valence-electron chi connectivity index (χ1n) is 13.3. The Morgan fingerprint density at radius 2 is 1.46 bits per heavy atom. The van der Waals surface area contributed by atoms with Crippen molar-refractivity contribution < 1.29 is 19.3 Å². The van der Waals surface area contributed by atoms with E-state index < -0.39 is 34.1 Å². The molecule has 1 saturated heterocycles. The number of rotatable bonds is 5. The van der Waals surface area contributed by atoms with Crippen LogP contribution >= 0.6 is 0 Å². The number of fused-ring (bicyclic) bond motifs is 6. The molecule has 0 aliphatic carbocycles. The van der Waals surface area contributed by atoms with Gasteiger partial charge in [0.2, 0.25) is 5.91 Å². The Bertz CT molecular complexity index is 1780. The first-order chi connectivity index (χ1) is 19.9. The van der Waals surface area contributed by atoms with E-state index in [0.29, 0.717) is 16.8 Å². The number of carbonyl (C=O) groups is 3. The summed E-state index contributed by atoms with van der Waals surface area (Å²) in [6.07, 6.45) is 3.85. The zero-order valence-corrected chi connectivity index (χ0v) is 21.6. The molecular formula is C33H23N3O5. The molecule has 8 nitrogen and oxygen atoms in total. The lowest BCUT2D eigenvalue weighted by atomic mass is 9.64. The predicted octanol–water partition coefficient (Wildman–Crippen LogP) is 5.45. The first kappa shape index (κ1) is 24.7. The van der Waals surface area contributed by atoms with Gasteiger partial charge in [-0.25, -0.2) is 0 Å². The Balaban J connectivity index is 1.51. The number of nitro benzene ring substituents is 1. The number of benzene rings is 4. The standard InChI is InChI=1S/C33H23N3O5/c37-30(21-9-2-1-3-10-21)28-29(31(38)22-14-17-23(18-15-22)36(40)41)35-26-13-7-4-8-20(26)16-19-27(35)33(28)24-11-5-6-12-25(24)34-32(33)39/h1-19,27-29H,(H,34,39)/t27-,28-,29-,33+/m1/s1. The van der Waals surface area contributed by atoms with Gasteiger partial charge in [0, 0.05) is 34.6 Å². The molecule has 8 heteroatoms. The summed E-state index contributed by atoms with van der Waals surface area (Å²) in [6.45, 7) is 0. The second-order valence-electron chi connectivity index (χ2n) is 10.5. The van der Waals surface area contributed by atoms with Crippen LogP contribution in [0.15, 0.2) is 109 Å². The van der Waals surface area contributed by atoms with E-state index in [-0.39, 0.29) is 22.9 Å². The number of non-ortho nitro benzene ring substituents is 1. The molecule has 4 aromatic rings. The minimum Gasteiger partial charge on any atom is -0.352 e. The van der Waals surface area contributed by atoms with Crippen LogP contribution in [0.2, 0.25) is 0 Å². The van der Waals surface area contributed by atoms with Gasteiger partial charge < -0.3 is 10.2 Å². The van der Waals surface area contributed by atoms with Crippen LogP contribution in [0.4, 0.5) is 17.1 Å². The molecule has 0 unspecified atom stereocenters. The highest BCUT2D eigenvalue weighted by Gasteiger charge is 2.70. The molecule has 41 heavy (non-hydrogen) atoms. The van der Waals surface area contributed by atoms with Gasteiger partial charge in [-0.2, -0.15) is 0 Å². The third kappa shape index (κ3) is 3.43. The van der Waals surface area contributed by atoms with E-state index in [4.69, 9.17) is 0 Å². The van der Waals surface area contributed by atoms with Crippen molar-refractivity contribution in [2.45, 2.75) is 17.5 Å². The average molecular weight is 542 g/mol. The topological polar surface area (TPSA) is 110 Å². The fourth-order valence-corrected chi connectivity index (χ4v) is 6.82. The molecule has 3 aliphatic rings. The minimum atomic E-state index is -1.41. The molecule has 4 aromatic carbocycles. The highest BCUT2D eigenvalue weighted by atomic mass is 16.6. The van der Waals surface area contributed by atoms with Gasteiger partial charge in [-0.3, -0.25) is 24.5 Å². The molecule has 3 heterocycles. The van der Waals surface area contributed by atoms with Gasteiger partial charge in [0.1, 0.15) is 11.5 Å². The number of hydrogen-bond acceptors (Lipinski definition) is 6. The monoisotopic (exact) mass is 541 g/mol. The number of ketones is 2. The quantitative estimate of drug-likeness (QED) is 0.204. The van der Waals surface area contributed by atoms with Crippen molar-refractivity contribution in [1.82, 2.24) is 0 Å². The number of hydrogen-bond donors (Lipinski definition) is 1. The molecule has 0 aromatic heterocycles. The maximum Gasteiger partial charge on any atom is 0.269 e. The molecule has 200 valence electrons. The molecule has 0 radical (unpaired) electrons. The molecule has 7 rings (SSSR count). The first-order valence-corrected chi connectivity index (χ1v) is 13.3. The van der Waals surface area contributed by atoms with Crippen LogP contribution in [-0.4, -0.2) is 34.5 Å². The van der Waals surface area contributed by atoms with Crippen LogP contribution in [0, 0.1) is 16.0 Å². The summed E-state index contributed by atoms with van der Waals surface area (Å²) in [5.41, 5.74) is 1.94. The van der Waals surface area contributed by atoms with Crippen molar-refractivity contribution in [3.63, 3.8) is 0 Å². The van der Waals surface area contributed by atoms with E-state index in [1.807, 2.05) is 65.6 Å². The van der Waals surface area contributed by atoms with Crippen LogP contribution in [-0.2, 0) is 10.2 Å². The Kier molecular flexibility index (Phi) is 5.47. The molecule has 3 aliphatic heterocycles. The van der Waals surface area contributed by atoms with E-state index in [2.05, 4.69) is 5.32 Å². The lowest BCUT2D eigenvalue weighted by Crippen LogP contribution is -2.51. The van der Waals surface area contributed by atoms with Gasteiger partial charge in [-0.05, 0) is 35.4 Å². The van der Waals surface area contributed by atoms with E-state index >= 15 is 0 Å². The van der Waals surface area contributed by atoms with Crippen molar-refractivity contribution in [3.8, 4) is 0 Å². The Labute approximate surface area is 235 Å². The number of amides is 1. The van der Waals surface area contributed by atoms with Crippen LogP contribution < -0.4 is 10.2 Å². The number of para-hydroxylation sites is 2. The summed E-state index contributed by atoms with van der Waals surface area (Å²) in [7, 11) is 0. The van der Waals surface area contributed by atoms with Crippen molar-refractivity contribution in [3.05, 3.63) is 142 Å². The fourth-order valence-electron chi connectivity index (χ4n) is 6.82. The highest BCUT2D eigenvalue weighted by Crippen LogP contribution is 2.58. The van der Waals surface area contributed by atoms with Crippen LogP contribution in [0.25, 0.3) is 6.08 Å². The lowest BCUT2D eigenvalue weighted by Gasteiger charge is -2.37. The van der Waals surface area contributed by atoms with Gasteiger partial charge in [0.25, 0.3) is 5.69 Å². The van der Waals surface area contributed by atoms with E-state index in [1.54, 1.807) is 30.3 Å². The lowest BCUT2D eigenvalue weighted by molar-refractivity contribution is -0.384. The normalized spacial score (nSPS) is 23.5. The Hall–Kier alpha value is -5.37. The van der Waals surface area contributed by atoms with E-state index in [0.717, 1.165) is 11.3 Å². The predicted molar refractivity (Wildman–Crippen MR) is 154 cm³/mol. The van der Waals surface area contributed by atoms with Gasteiger partial charge in [-0.15, -0.1) is 0 Å². The zero-order valence-electron chi connectivity index (χ0n) is 21.6. The summed E-state index contributed by atoms with van der Waals surface area (Å²) < 4.78 is 0. The molecule has 1 amide bonds. The summed E-state index contributed by atoms with van der Waals surface area (Å²) >= 11 is 0. The third-order valence-electron chi connectivity index (χ3n) is 8.51. The Morgan fingerprint density at radius 3 is 2.22 bits per heavy atom. The molecule has 0 bridgehead atoms. The number of carbonyl (C=O) groups excluding carboxylic acids is 3. The third-order valence-corrected chi connectivity index (χ3v) is 8.51. The molecule has 4 atom stereocenters. The highest BCUT2D eigenvalue weighted by molar-refractivity contribution is 6.18. The SMILES string of the molecule is O=C(c1ccc([N+](=O)[O-])cc1)[C@H]1[C@H](C(=O)c2ccccc2)[C@@]2(C(=O)Nc3ccccc32)[C@H]2C=Cc3ccccc3N12. The maximum absolute atomic E-state index is 14.6. The van der Waals surface area contributed by atoms with Gasteiger partial charge in [0.15, 0.2) is 11.6 Å². The smallest absolute Gasteiger partial charge is 0.269 e. The van der Waals surface area contributed by atoms with Crippen LogP contribution in [0.5, 0.6) is 0 Å². The second-order valence-corrected chi connectivity index (χ2v) is 10.5. The van der Waals surface area contributed by atoms with Gasteiger partial charge in [0.05, 0.1) is 16.9 Å². The summed E-state index contributed by atoms with van der Waals surface area (Å²) in [5.74, 6) is -2.15. The fraction of sp³-hybridized carbons (Fsp3) is 0.121.